The third kappa shape index (κ3) is 4.51. The van der Waals surface area contributed by atoms with Crippen molar-refractivity contribution in [3.8, 4) is 0 Å². The molecule has 3 aromatic rings. The number of nitrogens with one attached hydrogen (secondary N) is 2. The minimum Gasteiger partial charge on any atom is -0.364 e. The maximum absolute atomic E-state index is 11.7. The molecule has 0 unspecified atom stereocenters. The molecule has 8 nitrogen and oxygen atoms in total. The SMILES string of the molecule is Cc1ccc2nc(Nc3ncnc(NCCC4=CCCCC4)c3[N+](=O)[O-])sc2c1. The number of nitro groups is 1. The maximum atomic E-state index is 11.7. The van der Waals surface area contributed by atoms with Crippen LogP contribution in [0.3, 0.4) is 0 Å². The van der Waals surface area contributed by atoms with Gasteiger partial charge in [0.25, 0.3) is 0 Å². The van der Waals surface area contributed by atoms with Crippen molar-refractivity contribution >= 4 is 44.0 Å². The molecule has 0 atom stereocenters. The molecular formula is C20H22N6O2S. The van der Waals surface area contributed by atoms with E-state index in [9.17, 15) is 10.1 Å². The normalized spacial score (nSPS) is 13.9. The summed E-state index contributed by atoms with van der Waals surface area (Å²) in [6, 6.07) is 5.97. The van der Waals surface area contributed by atoms with Gasteiger partial charge in [-0.2, -0.15) is 0 Å². The van der Waals surface area contributed by atoms with Gasteiger partial charge >= 0.3 is 5.69 Å². The number of aromatic nitrogens is 3. The van der Waals surface area contributed by atoms with Crippen molar-refractivity contribution in [2.75, 3.05) is 17.2 Å². The van der Waals surface area contributed by atoms with Gasteiger partial charge in [0.2, 0.25) is 11.6 Å². The van der Waals surface area contributed by atoms with Crippen LogP contribution in [0.15, 0.2) is 36.2 Å². The first-order valence-corrected chi connectivity index (χ1v) is 10.5. The Hall–Kier alpha value is -3.07. The van der Waals surface area contributed by atoms with Crippen LogP contribution in [0.25, 0.3) is 10.2 Å². The summed E-state index contributed by atoms with van der Waals surface area (Å²) in [6.45, 7) is 2.62. The summed E-state index contributed by atoms with van der Waals surface area (Å²) in [5, 5.41) is 18.4. The number of aryl methyl sites for hydroxylation is 1. The Kier molecular flexibility index (Phi) is 5.66. The van der Waals surface area contributed by atoms with Gasteiger partial charge in [0.05, 0.1) is 15.1 Å². The average molecular weight is 411 g/mol. The van der Waals surface area contributed by atoms with E-state index in [0.29, 0.717) is 11.7 Å². The molecule has 2 N–H and O–H groups in total. The number of benzene rings is 1. The summed E-state index contributed by atoms with van der Waals surface area (Å²) < 4.78 is 1.02. The molecule has 0 bridgehead atoms. The van der Waals surface area contributed by atoms with Gasteiger partial charge in [-0.05, 0) is 56.7 Å². The molecule has 1 aliphatic rings. The fourth-order valence-corrected chi connectivity index (χ4v) is 4.40. The highest BCUT2D eigenvalue weighted by Crippen LogP contribution is 2.34. The van der Waals surface area contributed by atoms with E-state index in [0.717, 1.165) is 35.0 Å². The molecule has 4 rings (SSSR count). The van der Waals surface area contributed by atoms with Crippen LogP contribution in [-0.2, 0) is 0 Å². The van der Waals surface area contributed by atoms with Gasteiger partial charge in [-0.25, -0.2) is 15.0 Å². The second-order valence-corrected chi connectivity index (χ2v) is 8.11. The molecule has 2 aromatic heterocycles. The van der Waals surface area contributed by atoms with Gasteiger partial charge < -0.3 is 10.6 Å². The van der Waals surface area contributed by atoms with E-state index in [2.05, 4.69) is 31.7 Å². The highest BCUT2D eigenvalue weighted by molar-refractivity contribution is 7.22. The van der Waals surface area contributed by atoms with E-state index in [1.165, 1.54) is 36.1 Å². The van der Waals surface area contributed by atoms with Crippen molar-refractivity contribution in [3.05, 3.63) is 51.9 Å². The molecule has 29 heavy (non-hydrogen) atoms. The van der Waals surface area contributed by atoms with Gasteiger partial charge in [0.1, 0.15) is 6.33 Å². The number of thiazole rings is 1. The first-order valence-electron chi connectivity index (χ1n) is 9.65. The molecule has 1 aromatic carbocycles. The molecule has 1 aliphatic carbocycles. The minimum absolute atomic E-state index is 0.139. The number of hydrogen-bond donors (Lipinski definition) is 2. The van der Waals surface area contributed by atoms with E-state index < -0.39 is 4.92 Å². The number of anilines is 3. The van der Waals surface area contributed by atoms with E-state index in [1.54, 1.807) is 0 Å². The van der Waals surface area contributed by atoms with Crippen LogP contribution in [0.4, 0.5) is 22.5 Å². The first kappa shape index (κ1) is 19.3. The van der Waals surface area contributed by atoms with Gasteiger partial charge in [0.15, 0.2) is 5.13 Å². The summed E-state index contributed by atoms with van der Waals surface area (Å²) >= 11 is 1.44. The fourth-order valence-electron chi connectivity index (χ4n) is 3.43. The second kappa shape index (κ2) is 8.52. The molecular weight excluding hydrogens is 388 g/mol. The lowest BCUT2D eigenvalue weighted by molar-refractivity contribution is -0.383. The van der Waals surface area contributed by atoms with Crippen molar-refractivity contribution in [2.45, 2.75) is 39.0 Å². The Bertz CT molecular complexity index is 1080. The number of fused-ring (bicyclic) bond motifs is 1. The van der Waals surface area contributed by atoms with Crippen LogP contribution in [0.5, 0.6) is 0 Å². The predicted molar refractivity (Wildman–Crippen MR) is 116 cm³/mol. The molecule has 9 heteroatoms. The van der Waals surface area contributed by atoms with E-state index >= 15 is 0 Å². The number of nitrogens with zero attached hydrogens (tertiary/aromatic N) is 4. The second-order valence-electron chi connectivity index (χ2n) is 7.08. The summed E-state index contributed by atoms with van der Waals surface area (Å²) in [5.74, 6) is 0.362. The standard InChI is InChI=1S/C20H22N6O2S/c1-13-7-8-15-16(11-13)29-20(24-15)25-19-17(26(27)28)18(22-12-23-19)21-10-9-14-5-3-2-4-6-14/h5,7-8,11-12H,2-4,6,9-10H2,1H3,(H2,21,22,23,24,25). The Morgan fingerprint density at radius 2 is 2.10 bits per heavy atom. The fraction of sp³-hybridized carbons (Fsp3) is 0.350. The van der Waals surface area contributed by atoms with Crippen LogP contribution >= 0.6 is 11.3 Å². The topological polar surface area (TPSA) is 106 Å². The zero-order chi connectivity index (χ0) is 20.2. The minimum atomic E-state index is -0.456. The summed E-state index contributed by atoms with van der Waals surface area (Å²) in [4.78, 5) is 24.0. The predicted octanol–water partition coefficient (Wildman–Crippen LogP) is 5.35. The third-order valence-electron chi connectivity index (χ3n) is 4.90. The Morgan fingerprint density at radius 1 is 1.24 bits per heavy atom. The van der Waals surface area contributed by atoms with Crippen molar-refractivity contribution in [2.24, 2.45) is 0 Å². The zero-order valence-electron chi connectivity index (χ0n) is 16.1. The van der Waals surface area contributed by atoms with Crippen molar-refractivity contribution < 1.29 is 4.92 Å². The quantitative estimate of drug-likeness (QED) is 0.307. The smallest absolute Gasteiger partial charge is 0.353 e. The monoisotopic (exact) mass is 410 g/mol. The van der Waals surface area contributed by atoms with Gasteiger partial charge in [-0.3, -0.25) is 10.1 Å². The maximum Gasteiger partial charge on any atom is 0.353 e. The molecule has 0 amide bonds. The van der Waals surface area contributed by atoms with Crippen LogP contribution in [0.1, 0.15) is 37.7 Å². The lowest BCUT2D eigenvalue weighted by Gasteiger charge is -2.13. The lowest BCUT2D eigenvalue weighted by Crippen LogP contribution is -2.10. The molecule has 2 heterocycles. The summed E-state index contributed by atoms with van der Waals surface area (Å²) in [7, 11) is 0. The number of rotatable bonds is 7. The van der Waals surface area contributed by atoms with E-state index in [4.69, 9.17) is 0 Å². The summed E-state index contributed by atoms with van der Waals surface area (Å²) in [5.41, 5.74) is 3.23. The van der Waals surface area contributed by atoms with Gasteiger partial charge in [-0.15, -0.1) is 0 Å². The van der Waals surface area contributed by atoms with Gasteiger partial charge in [-0.1, -0.05) is 29.1 Å². The lowest BCUT2D eigenvalue weighted by atomic mass is 9.97. The molecule has 0 aliphatic heterocycles. The van der Waals surface area contributed by atoms with Crippen LogP contribution < -0.4 is 10.6 Å². The molecule has 0 spiro atoms. The first-order chi connectivity index (χ1) is 14.1. The van der Waals surface area contributed by atoms with E-state index in [-0.39, 0.29) is 17.3 Å². The average Bonchev–Trinajstić information content (AvgIpc) is 3.10. The number of allylic oxidation sites excluding steroid dienone is 1. The Morgan fingerprint density at radius 3 is 2.90 bits per heavy atom. The molecule has 0 fully saturated rings. The van der Waals surface area contributed by atoms with Crippen LogP contribution in [0, 0.1) is 17.0 Å². The molecule has 150 valence electrons. The van der Waals surface area contributed by atoms with Crippen molar-refractivity contribution in [1.82, 2.24) is 15.0 Å². The zero-order valence-corrected chi connectivity index (χ0v) is 17.0. The van der Waals surface area contributed by atoms with Crippen LogP contribution in [0.2, 0.25) is 0 Å². The van der Waals surface area contributed by atoms with Crippen molar-refractivity contribution in [3.63, 3.8) is 0 Å². The largest absolute Gasteiger partial charge is 0.364 e. The highest BCUT2D eigenvalue weighted by atomic mass is 32.1. The highest BCUT2D eigenvalue weighted by Gasteiger charge is 2.24. The number of hydrogen-bond acceptors (Lipinski definition) is 8. The summed E-state index contributed by atoms with van der Waals surface area (Å²) in [6.07, 6.45) is 9.16. The van der Waals surface area contributed by atoms with E-state index in [1.807, 2.05) is 25.1 Å². The molecule has 0 radical (unpaired) electrons. The third-order valence-corrected chi connectivity index (χ3v) is 5.83. The molecule has 0 saturated carbocycles. The Balaban J connectivity index is 1.53. The van der Waals surface area contributed by atoms with Crippen LogP contribution in [-0.4, -0.2) is 26.4 Å². The molecule has 0 saturated heterocycles. The van der Waals surface area contributed by atoms with Crippen molar-refractivity contribution in [1.29, 1.82) is 0 Å². The Labute approximate surface area is 172 Å². The van der Waals surface area contributed by atoms with Gasteiger partial charge in [0, 0.05) is 6.54 Å².